The summed E-state index contributed by atoms with van der Waals surface area (Å²) in [7, 11) is -3.64. The van der Waals surface area contributed by atoms with Gasteiger partial charge in [-0.25, -0.2) is 22.8 Å². The number of nitrogens with zero attached hydrogens (tertiary/aromatic N) is 3. The number of rotatable bonds is 6. The monoisotopic (exact) mass is 395 g/mol. The Labute approximate surface area is 158 Å². The van der Waals surface area contributed by atoms with Crippen molar-refractivity contribution in [3.8, 4) is 11.8 Å². The molecule has 2 aromatic rings. The second kappa shape index (κ2) is 8.18. The van der Waals surface area contributed by atoms with E-state index in [0.717, 1.165) is 12.4 Å². The SMILES string of the molecule is CC(C)Oc1ccc(S(=O)(=O)N2CCCC(Oc3ncc(F)cn3)C2)cc1. The molecule has 0 bridgehead atoms. The predicted octanol–water partition coefficient (Wildman–Crippen LogP) is 2.64. The molecule has 1 atom stereocenters. The van der Waals surface area contributed by atoms with Crippen molar-refractivity contribution in [2.24, 2.45) is 0 Å². The summed E-state index contributed by atoms with van der Waals surface area (Å²) in [5, 5.41) is 0. The number of benzene rings is 1. The van der Waals surface area contributed by atoms with Crippen molar-refractivity contribution < 1.29 is 22.3 Å². The standard InChI is InChI=1S/C18H22FN3O4S/c1-13(2)25-15-5-7-17(8-6-15)27(23,24)22-9-3-4-16(12-22)26-18-20-10-14(19)11-21-18/h5-8,10-11,13,16H,3-4,9,12H2,1-2H3. The highest BCUT2D eigenvalue weighted by atomic mass is 32.2. The van der Waals surface area contributed by atoms with E-state index < -0.39 is 15.8 Å². The molecule has 1 aromatic carbocycles. The van der Waals surface area contributed by atoms with Crippen molar-refractivity contribution in [3.63, 3.8) is 0 Å². The maximum Gasteiger partial charge on any atom is 0.316 e. The van der Waals surface area contributed by atoms with Gasteiger partial charge in [0.2, 0.25) is 10.0 Å². The average molecular weight is 395 g/mol. The summed E-state index contributed by atoms with van der Waals surface area (Å²) in [6, 6.07) is 6.42. The number of halogens is 1. The molecule has 0 saturated carbocycles. The summed E-state index contributed by atoms with van der Waals surface area (Å²) in [6.45, 7) is 4.41. The smallest absolute Gasteiger partial charge is 0.316 e. The fraction of sp³-hybridized carbons (Fsp3) is 0.444. The van der Waals surface area contributed by atoms with Gasteiger partial charge in [0.1, 0.15) is 11.9 Å². The van der Waals surface area contributed by atoms with Gasteiger partial charge >= 0.3 is 6.01 Å². The molecule has 1 aliphatic heterocycles. The Kier molecular flexibility index (Phi) is 5.91. The Balaban J connectivity index is 1.69. The fourth-order valence-electron chi connectivity index (χ4n) is 2.84. The quantitative estimate of drug-likeness (QED) is 0.748. The number of piperidine rings is 1. The minimum atomic E-state index is -3.64. The summed E-state index contributed by atoms with van der Waals surface area (Å²) < 4.78 is 51.3. The van der Waals surface area contributed by atoms with Crippen LogP contribution in [0.4, 0.5) is 4.39 Å². The van der Waals surface area contributed by atoms with Crippen molar-refractivity contribution >= 4 is 10.0 Å². The van der Waals surface area contributed by atoms with E-state index in [1.807, 2.05) is 13.8 Å². The van der Waals surface area contributed by atoms with Crippen LogP contribution < -0.4 is 9.47 Å². The zero-order valence-corrected chi connectivity index (χ0v) is 16.0. The van der Waals surface area contributed by atoms with Gasteiger partial charge in [0, 0.05) is 6.54 Å². The summed E-state index contributed by atoms with van der Waals surface area (Å²) >= 11 is 0. The lowest BCUT2D eigenvalue weighted by Gasteiger charge is -2.31. The molecule has 1 unspecified atom stereocenters. The molecule has 2 heterocycles. The zero-order valence-electron chi connectivity index (χ0n) is 15.2. The van der Waals surface area contributed by atoms with Crippen LogP contribution in [-0.2, 0) is 10.0 Å². The van der Waals surface area contributed by atoms with Crippen LogP contribution in [0.25, 0.3) is 0 Å². The van der Waals surface area contributed by atoms with Crippen LogP contribution in [-0.4, -0.2) is 48.0 Å². The van der Waals surface area contributed by atoms with Gasteiger partial charge in [-0.1, -0.05) is 0 Å². The molecular weight excluding hydrogens is 373 g/mol. The van der Waals surface area contributed by atoms with Crippen molar-refractivity contribution in [2.75, 3.05) is 13.1 Å². The Morgan fingerprint density at radius 3 is 2.48 bits per heavy atom. The fourth-order valence-corrected chi connectivity index (χ4v) is 4.35. The van der Waals surface area contributed by atoms with E-state index in [0.29, 0.717) is 25.1 Å². The first-order valence-electron chi connectivity index (χ1n) is 8.75. The molecule has 1 fully saturated rings. The number of ether oxygens (including phenoxy) is 2. The molecule has 1 aromatic heterocycles. The Morgan fingerprint density at radius 1 is 1.19 bits per heavy atom. The van der Waals surface area contributed by atoms with Gasteiger partial charge in [-0.3, -0.25) is 0 Å². The van der Waals surface area contributed by atoms with Crippen LogP contribution in [0.1, 0.15) is 26.7 Å². The van der Waals surface area contributed by atoms with E-state index >= 15 is 0 Å². The number of aromatic nitrogens is 2. The van der Waals surface area contributed by atoms with Gasteiger partial charge in [-0.2, -0.15) is 4.31 Å². The summed E-state index contributed by atoms with van der Waals surface area (Å²) in [4.78, 5) is 7.73. The van der Waals surface area contributed by atoms with Crippen LogP contribution in [0, 0.1) is 5.82 Å². The van der Waals surface area contributed by atoms with Gasteiger partial charge in [0.05, 0.1) is 29.9 Å². The molecule has 9 heteroatoms. The lowest BCUT2D eigenvalue weighted by Crippen LogP contribution is -2.44. The van der Waals surface area contributed by atoms with E-state index in [4.69, 9.17) is 9.47 Å². The molecule has 0 radical (unpaired) electrons. The number of sulfonamides is 1. The molecule has 27 heavy (non-hydrogen) atoms. The average Bonchev–Trinajstić information content (AvgIpc) is 2.64. The van der Waals surface area contributed by atoms with Gasteiger partial charge in [-0.15, -0.1) is 0 Å². The van der Waals surface area contributed by atoms with Gasteiger partial charge in [0.25, 0.3) is 0 Å². The molecule has 1 aliphatic rings. The van der Waals surface area contributed by atoms with Crippen molar-refractivity contribution in [1.29, 1.82) is 0 Å². The predicted molar refractivity (Wildman–Crippen MR) is 96.6 cm³/mol. The van der Waals surface area contributed by atoms with Crippen molar-refractivity contribution in [1.82, 2.24) is 14.3 Å². The molecular formula is C18H22FN3O4S. The Morgan fingerprint density at radius 2 is 1.85 bits per heavy atom. The molecule has 0 N–H and O–H groups in total. The second-order valence-corrected chi connectivity index (χ2v) is 8.50. The van der Waals surface area contributed by atoms with Gasteiger partial charge in [-0.05, 0) is 51.0 Å². The highest BCUT2D eigenvalue weighted by Gasteiger charge is 2.31. The van der Waals surface area contributed by atoms with Gasteiger partial charge < -0.3 is 9.47 Å². The molecule has 7 nitrogen and oxygen atoms in total. The van der Waals surface area contributed by atoms with Crippen LogP contribution in [0.15, 0.2) is 41.6 Å². The number of hydrogen-bond donors (Lipinski definition) is 0. The Hall–Kier alpha value is -2.26. The number of hydrogen-bond acceptors (Lipinski definition) is 6. The van der Waals surface area contributed by atoms with E-state index in [9.17, 15) is 12.8 Å². The van der Waals surface area contributed by atoms with E-state index in [-0.39, 0.29) is 29.7 Å². The van der Waals surface area contributed by atoms with Crippen LogP contribution in [0.2, 0.25) is 0 Å². The lowest BCUT2D eigenvalue weighted by molar-refractivity contribution is 0.119. The van der Waals surface area contributed by atoms with Crippen LogP contribution in [0.5, 0.6) is 11.8 Å². The van der Waals surface area contributed by atoms with Crippen LogP contribution >= 0.6 is 0 Å². The third-order valence-corrected chi connectivity index (χ3v) is 5.92. The minimum absolute atomic E-state index is 0.0149. The molecule has 0 spiro atoms. The largest absolute Gasteiger partial charge is 0.491 e. The van der Waals surface area contributed by atoms with Crippen LogP contribution in [0.3, 0.4) is 0 Å². The third kappa shape index (κ3) is 4.92. The normalized spacial score (nSPS) is 18.4. The van der Waals surface area contributed by atoms with E-state index in [1.165, 1.54) is 4.31 Å². The lowest BCUT2D eigenvalue weighted by atomic mass is 10.1. The second-order valence-electron chi connectivity index (χ2n) is 6.57. The highest BCUT2D eigenvalue weighted by molar-refractivity contribution is 7.89. The van der Waals surface area contributed by atoms with Gasteiger partial charge in [0.15, 0.2) is 5.82 Å². The zero-order chi connectivity index (χ0) is 19.4. The Bertz CT molecular complexity index is 857. The summed E-state index contributed by atoms with van der Waals surface area (Å²) in [5.74, 6) is 0.0670. The first-order chi connectivity index (χ1) is 12.8. The molecule has 0 aliphatic carbocycles. The summed E-state index contributed by atoms with van der Waals surface area (Å²) in [6.07, 6.45) is 2.98. The third-order valence-electron chi connectivity index (χ3n) is 4.04. The summed E-state index contributed by atoms with van der Waals surface area (Å²) in [5.41, 5.74) is 0. The molecule has 146 valence electrons. The molecule has 0 amide bonds. The minimum Gasteiger partial charge on any atom is -0.491 e. The highest BCUT2D eigenvalue weighted by Crippen LogP contribution is 2.24. The van der Waals surface area contributed by atoms with E-state index in [2.05, 4.69) is 9.97 Å². The molecule has 3 rings (SSSR count). The maximum absolute atomic E-state index is 12.9. The first-order valence-corrected chi connectivity index (χ1v) is 10.2. The van der Waals surface area contributed by atoms with Crippen molar-refractivity contribution in [3.05, 3.63) is 42.5 Å². The van der Waals surface area contributed by atoms with Crippen molar-refractivity contribution in [2.45, 2.75) is 43.8 Å². The van der Waals surface area contributed by atoms with E-state index in [1.54, 1.807) is 24.3 Å². The molecule has 1 saturated heterocycles. The first kappa shape index (κ1) is 19.5. The maximum atomic E-state index is 12.9. The topological polar surface area (TPSA) is 81.6 Å².